The van der Waals surface area contributed by atoms with Crippen LogP contribution in [0.25, 0.3) is 0 Å². The maximum Gasteiger partial charge on any atom is 0.235 e. The Hall–Kier alpha value is -1.40. The Morgan fingerprint density at radius 1 is 1.28 bits per heavy atom. The maximum atomic E-state index is 11.5. The second-order valence-electron chi connectivity index (χ2n) is 4.27. The normalized spacial score (nSPS) is 11.2. The monoisotopic (exact) mass is 270 g/mol. The van der Waals surface area contributed by atoms with Crippen molar-refractivity contribution in [2.75, 3.05) is 6.54 Å². The fraction of sp³-hybridized carbons (Fsp3) is 0.417. The van der Waals surface area contributed by atoms with Crippen molar-refractivity contribution in [1.29, 1.82) is 0 Å². The zero-order valence-electron chi connectivity index (χ0n) is 10.5. The smallest absolute Gasteiger partial charge is 0.235 e. The highest BCUT2D eigenvalue weighted by Gasteiger charge is 2.13. The molecule has 1 aromatic rings. The summed E-state index contributed by atoms with van der Waals surface area (Å²) >= 11 is 0. The molecule has 0 aliphatic heterocycles. The first kappa shape index (κ1) is 14.7. The predicted molar refractivity (Wildman–Crippen MR) is 70.4 cm³/mol. The van der Waals surface area contributed by atoms with Gasteiger partial charge in [0.05, 0.1) is 6.54 Å². The molecule has 0 aliphatic carbocycles. The van der Waals surface area contributed by atoms with E-state index in [0.29, 0.717) is 0 Å². The third kappa shape index (κ3) is 5.29. The van der Waals surface area contributed by atoms with Crippen molar-refractivity contribution in [3.63, 3.8) is 0 Å². The van der Waals surface area contributed by atoms with E-state index in [1.807, 2.05) is 44.2 Å². The first-order valence-corrected chi connectivity index (χ1v) is 6.84. The molecule has 1 rings (SSSR count). The number of hydrogen-bond acceptors (Lipinski definition) is 3. The van der Waals surface area contributed by atoms with E-state index < -0.39 is 10.9 Å². The molecule has 0 bridgehead atoms. The van der Waals surface area contributed by atoms with Gasteiger partial charge in [-0.2, -0.15) is 4.31 Å². The van der Waals surface area contributed by atoms with Gasteiger partial charge in [0, 0.05) is 12.6 Å². The lowest BCUT2D eigenvalue weighted by Crippen LogP contribution is -2.39. The number of benzene rings is 1. The molecular weight excluding hydrogens is 252 g/mol. The Morgan fingerprint density at radius 2 is 1.89 bits per heavy atom. The molecule has 18 heavy (non-hydrogen) atoms. The molecule has 0 saturated carbocycles. The van der Waals surface area contributed by atoms with E-state index in [9.17, 15) is 13.2 Å². The average molecular weight is 270 g/mol. The zero-order chi connectivity index (χ0) is 13.5. The topological polar surface area (TPSA) is 66.5 Å². The molecule has 0 unspecified atom stereocenters. The van der Waals surface area contributed by atoms with Gasteiger partial charge in [0.25, 0.3) is 0 Å². The Kier molecular flexibility index (Phi) is 5.80. The molecule has 1 N–H and O–H groups in total. The van der Waals surface area contributed by atoms with Crippen LogP contribution in [0.3, 0.4) is 0 Å². The fourth-order valence-electron chi connectivity index (χ4n) is 1.50. The van der Waals surface area contributed by atoms with Gasteiger partial charge in [-0.3, -0.25) is 4.79 Å². The number of hydrogen-bond donors (Lipinski definition) is 2. The van der Waals surface area contributed by atoms with E-state index in [4.69, 9.17) is 0 Å². The van der Waals surface area contributed by atoms with Crippen molar-refractivity contribution >= 4 is 16.8 Å². The van der Waals surface area contributed by atoms with Crippen LogP contribution in [-0.2, 0) is 22.2 Å². The van der Waals surface area contributed by atoms with Gasteiger partial charge in [0.1, 0.15) is 0 Å². The Bertz CT molecular complexity index is 450. The highest BCUT2D eigenvalue weighted by molar-refractivity contribution is 7.69. The lowest BCUT2D eigenvalue weighted by Gasteiger charge is -2.16. The van der Waals surface area contributed by atoms with E-state index in [1.165, 1.54) is 0 Å². The van der Waals surface area contributed by atoms with Gasteiger partial charge >= 0.3 is 0 Å². The van der Waals surface area contributed by atoms with E-state index in [0.717, 1.165) is 9.87 Å². The molecule has 1 aromatic carbocycles. The highest BCUT2D eigenvalue weighted by atomic mass is 32.2. The van der Waals surface area contributed by atoms with Crippen LogP contribution < -0.4 is 5.32 Å². The van der Waals surface area contributed by atoms with Gasteiger partial charge in [-0.25, -0.2) is 8.42 Å². The van der Waals surface area contributed by atoms with Crippen LogP contribution in [0.4, 0.5) is 0 Å². The molecule has 0 atom stereocenters. The average Bonchev–Trinajstić information content (AvgIpc) is 2.28. The minimum atomic E-state index is -2.77. The first-order chi connectivity index (χ1) is 8.49. The minimum absolute atomic E-state index is 0.000562. The zero-order valence-corrected chi connectivity index (χ0v) is 11.4. The molecule has 6 heteroatoms. The van der Waals surface area contributed by atoms with Crippen LogP contribution in [0.1, 0.15) is 19.4 Å². The molecular formula is C12H18N2O3S. The van der Waals surface area contributed by atoms with Crippen LogP contribution in [0.2, 0.25) is 0 Å². The number of carbonyl (C=O) groups is 1. The number of carbonyl (C=O) groups excluding carboxylic acids is 1. The number of rotatable bonds is 6. The fourth-order valence-corrected chi connectivity index (χ4v) is 2.02. The number of nitrogens with zero attached hydrogens (tertiary/aromatic N) is 1. The van der Waals surface area contributed by atoms with Crippen molar-refractivity contribution in [2.45, 2.75) is 26.4 Å². The van der Waals surface area contributed by atoms with Crippen molar-refractivity contribution in [3.05, 3.63) is 35.9 Å². The molecule has 0 radical (unpaired) electrons. The highest BCUT2D eigenvalue weighted by Crippen LogP contribution is 2.04. The summed E-state index contributed by atoms with van der Waals surface area (Å²) in [6.07, 6.45) is 0. The van der Waals surface area contributed by atoms with Crippen LogP contribution in [-0.4, -0.2) is 31.2 Å². The van der Waals surface area contributed by atoms with Gasteiger partial charge in [0.2, 0.25) is 16.8 Å². The van der Waals surface area contributed by atoms with Crippen molar-refractivity contribution < 1.29 is 13.2 Å². The van der Waals surface area contributed by atoms with E-state index in [2.05, 4.69) is 5.32 Å². The summed E-state index contributed by atoms with van der Waals surface area (Å²) in [6.45, 7) is 3.73. The standard InChI is InChI=1S/C12H18N2O3S/c1-10(2)13-12(15)9-14(18(16)17)8-11-6-4-3-5-7-11/h3-7,10,18H,8-9H2,1-2H3,(H,13,15). The van der Waals surface area contributed by atoms with Crippen molar-refractivity contribution in [1.82, 2.24) is 9.62 Å². The Labute approximate surface area is 109 Å². The molecule has 0 aliphatic rings. The van der Waals surface area contributed by atoms with Crippen LogP contribution in [0.5, 0.6) is 0 Å². The number of thiol groups is 1. The van der Waals surface area contributed by atoms with E-state index in [-0.39, 0.29) is 25.0 Å². The molecule has 0 spiro atoms. The summed E-state index contributed by atoms with van der Waals surface area (Å²) in [4.78, 5) is 11.5. The first-order valence-electron chi connectivity index (χ1n) is 5.71. The largest absolute Gasteiger partial charge is 0.353 e. The Morgan fingerprint density at radius 3 is 2.39 bits per heavy atom. The number of nitrogens with one attached hydrogen (secondary N) is 1. The number of amides is 1. The van der Waals surface area contributed by atoms with Gasteiger partial charge in [-0.15, -0.1) is 0 Å². The summed E-state index contributed by atoms with van der Waals surface area (Å²) in [5.41, 5.74) is 0.856. The Balaban J connectivity index is 2.64. The summed E-state index contributed by atoms with van der Waals surface area (Å²) < 4.78 is 23.3. The second kappa shape index (κ2) is 7.13. The predicted octanol–water partition coefficient (Wildman–Crippen LogP) is 0.540. The maximum absolute atomic E-state index is 11.5. The molecule has 0 heterocycles. The van der Waals surface area contributed by atoms with Gasteiger partial charge < -0.3 is 5.32 Å². The minimum Gasteiger partial charge on any atom is -0.353 e. The molecule has 0 saturated heterocycles. The molecule has 100 valence electrons. The summed E-state index contributed by atoms with van der Waals surface area (Å²) in [5.74, 6) is -0.292. The lowest BCUT2D eigenvalue weighted by atomic mass is 10.2. The lowest BCUT2D eigenvalue weighted by molar-refractivity contribution is -0.121. The van der Waals surface area contributed by atoms with Crippen molar-refractivity contribution in [3.8, 4) is 0 Å². The van der Waals surface area contributed by atoms with E-state index in [1.54, 1.807) is 0 Å². The third-order valence-electron chi connectivity index (χ3n) is 2.21. The van der Waals surface area contributed by atoms with Gasteiger partial charge in [-0.1, -0.05) is 30.3 Å². The molecule has 0 aromatic heterocycles. The third-order valence-corrected chi connectivity index (χ3v) is 2.96. The summed E-state index contributed by atoms with van der Waals surface area (Å²) in [5, 5.41) is 2.67. The summed E-state index contributed by atoms with van der Waals surface area (Å²) in [6, 6.07) is 9.18. The summed E-state index contributed by atoms with van der Waals surface area (Å²) in [7, 11) is -2.77. The van der Waals surface area contributed by atoms with Crippen LogP contribution in [0, 0.1) is 0 Å². The molecule has 5 nitrogen and oxygen atoms in total. The quantitative estimate of drug-likeness (QED) is 0.741. The SMILES string of the molecule is CC(C)NC(=O)CN(Cc1ccccc1)[SH](=O)=O. The molecule has 1 amide bonds. The van der Waals surface area contributed by atoms with Crippen LogP contribution in [0.15, 0.2) is 30.3 Å². The van der Waals surface area contributed by atoms with Gasteiger partial charge in [-0.05, 0) is 19.4 Å². The van der Waals surface area contributed by atoms with Gasteiger partial charge in [0.15, 0.2) is 0 Å². The molecule has 0 fully saturated rings. The van der Waals surface area contributed by atoms with Crippen LogP contribution >= 0.6 is 0 Å². The second-order valence-corrected chi connectivity index (χ2v) is 5.31. The van der Waals surface area contributed by atoms with E-state index >= 15 is 0 Å². The van der Waals surface area contributed by atoms with Crippen molar-refractivity contribution in [2.24, 2.45) is 0 Å².